The van der Waals surface area contributed by atoms with Crippen molar-refractivity contribution in [3.8, 4) is 5.75 Å². The van der Waals surface area contributed by atoms with E-state index in [1.807, 2.05) is 6.07 Å². The summed E-state index contributed by atoms with van der Waals surface area (Å²) in [7, 11) is 1.60. The highest BCUT2D eigenvalue weighted by molar-refractivity contribution is 5.95. The van der Waals surface area contributed by atoms with Crippen LogP contribution in [0.25, 0.3) is 0 Å². The lowest BCUT2D eigenvalue weighted by Gasteiger charge is -2.20. The third-order valence-corrected chi connectivity index (χ3v) is 2.66. The van der Waals surface area contributed by atoms with Gasteiger partial charge in [0.1, 0.15) is 12.4 Å². The molecule has 6 heteroatoms. The standard InChI is InChI=1S/C12H14N2O4/c1-14(12(17)6-15)5-8-2-3-10-9(4-8)13-11(16)7-18-10/h2-4,15H,5-7H2,1H3,(H,13,16). The van der Waals surface area contributed by atoms with Gasteiger partial charge >= 0.3 is 0 Å². The smallest absolute Gasteiger partial charge is 0.262 e. The summed E-state index contributed by atoms with van der Waals surface area (Å²) < 4.78 is 5.23. The number of aliphatic hydroxyl groups is 1. The van der Waals surface area contributed by atoms with Crippen molar-refractivity contribution < 1.29 is 19.4 Å². The molecule has 0 saturated heterocycles. The second kappa shape index (κ2) is 5.05. The molecule has 0 fully saturated rings. The zero-order valence-electron chi connectivity index (χ0n) is 9.97. The fraction of sp³-hybridized carbons (Fsp3) is 0.333. The van der Waals surface area contributed by atoms with Crippen molar-refractivity contribution in [1.29, 1.82) is 0 Å². The van der Waals surface area contributed by atoms with E-state index in [1.54, 1.807) is 19.2 Å². The van der Waals surface area contributed by atoms with Gasteiger partial charge < -0.3 is 20.1 Å². The minimum Gasteiger partial charge on any atom is -0.482 e. The number of ether oxygens (including phenoxy) is 1. The topological polar surface area (TPSA) is 78.9 Å². The molecule has 0 aromatic heterocycles. The number of rotatable bonds is 3. The molecule has 0 aliphatic carbocycles. The molecule has 18 heavy (non-hydrogen) atoms. The summed E-state index contributed by atoms with van der Waals surface area (Å²) in [6.45, 7) is -0.126. The van der Waals surface area contributed by atoms with Crippen molar-refractivity contribution >= 4 is 17.5 Å². The number of fused-ring (bicyclic) bond motifs is 1. The van der Waals surface area contributed by atoms with Gasteiger partial charge in [-0.2, -0.15) is 0 Å². The Balaban J connectivity index is 2.13. The quantitative estimate of drug-likeness (QED) is 0.789. The van der Waals surface area contributed by atoms with Crippen LogP contribution in [0, 0.1) is 0 Å². The van der Waals surface area contributed by atoms with Gasteiger partial charge in [-0.1, -0.05) is 6.07 Å². The van der Waals surface area contributed by atoms with E-state index in [0.717, 1.165) is 5.56 Å². The van der Waals surface area contributed by atoms with Gasteiger partial charge in [-0.15, -0.1) is 0 Å². The summed E-state index contributed by atoms with van der Waals surface area (Å²) >= 11 is 0. The molecule has 1 heterocycles. The van der Waals surface area contributed by atoms with E-state index in [4.69, 9.17) is 9.84 Å². The molecule has 1 aliphatic heterocycles. The van der Waals surface area contributed by atoms with E-state index >= 15 is 0 Å². The average Bonchev–Trinajstić information content (AvgIpc) is 2.37. The van der Waals surface area contributed by atoms with Gasteiger partial charge in [0.2, 0.25) is 5.91 Å². The third kappa shape index (κ3) is 2.60. The first-order valence-electron chi connectivity index (χ1n) is 5.50. The zero-order chi connectivity index (χ0) is 13.1. The lowest BCUT2D eigenvalue weighted by Crippen LogP contribution is -2.29. The van der Waals surface area contributed by atoms with E-state index < -0.39 is 6.61 Å². The molecule has 96 valence electrons. The number of anilines is 1. The number of amides is 2. The van der Waals surface area contributed by atoms with Gasteiger partial charge in [-0.05, 0) is 17.7 Å². The van der Waals surface area contributed by atoms with E-state index in [2.05, 4.69) is 5.32 Å². The van der Waals surface area contributed by atoms with Gasteiger partial charge in [-0.3, -0.25) is 9.59 Å². The van der Waals surface area contributed by atoms with Crippen molar-refractivity contribution in [1.82, 2.24) is 4.90 Å². The average molecular weight is 250 g/mol. The Morgan fingerprint density at radius 2 is 2.33 bits per heavy atom. The molecule has 0 radical (unpaired) electrons. The molecule has 1 aromatic carbocycles. The largest absolute Gasteiger partial charge is 0.482 e. The van der Waals surface area contributed by atoms with Crippen LogP contribution in [0.1, 0.15) is 5.56 Å². The Labute approximate surface area is 104 Å². The van der Waals surface area contributed by atoms with Crippen molar-refractivity contribution in [2.45, 2.75) is 6.54 Å². The van der Waals surface area contributed by atoms with E-state index in [0.29, 0.717) is 18.0 Å². The molecule has 1 aromatic rings. The molecule has 2 rings (SSSR count). The second-order valence-electron chi connectivity index (χ2n) is 4.08. The van der Waals surface area contributed by atoms with E-state index in [9.17, 15) is 9.59 Å². The summed E-state index contributed by atoms with van der Waals surface area (Å²) in [6, 6.07) is 5.33. The van der Waals surface area contributed by atoms with Gasteiger partial charge in [0.15, 0.2) is 6.61 Å². The number of hydrogen-bond donors (Lipinski definition) is 2. The first-order chi connectivity index (χ1) is 8.60. The number of likely N-dealkylation sites (N-methyl/N-ethyl adjacent to an activating group) is 1. The maximum atomic E-state index is 11.2. The number of benzene rings is 1. The number of hydrogen-bond acceptors (Lipinski definition) is 4. The maximum Gasteiger partial charge on any atom is 0.262 e. The molecule has 2 amide bonds. The molecule has 0 unspecified atom stereocenters. The summed E-state index contributed by atoms with van der Waals surface area (Å²) in [4.78, 5) is 23.8. The number of carbonyl (C=O) groups excluding carboxylic acids is 2. The van der Waals surface area contributed by atoms with Crippen molar-refractivity contribution in [2.75, 3.05) is 25.6 Å². The number of nitrogens with one attached hydrogen (secondary N) is 1. The van der Waals surface area contributed by atoms with Crippen LogP contribution in [0.15, 0.2) is 18.2 Å². The predicted octanol–water partition coefficient (Wildman–Crippen LogP) is -0.0318. The Morgan fingerprint density at radius 1 is 1.56 bits per heavy atom. The highest BCUT2D eigenvalue weighted by atomic mass is 16.5. The molecule has 6 nitrogen and oxygen atoms in total. The summed E-state index contributed by atoms with van der Waals surface area (Å²) in [6.07, 6.45) is 0. The van der Waals surface area contributed by atoms with Crippen molar-refractivity contribution in [3.05, 3.63) is 23.8 Å². The molecular weight excluding hydrogens is 236 g/mol. The van der Waals surface area contributed by atoms with Crippen LogP contribution in [0.5, 0.6) is 5.75 Å². The van der Waals surface area contributed by atoms with E-state index in [-0.39, 0.29) is 18.4 Å². The lowest BCUT2D eigenvalue weighted by molar-refractivity contribution is -0.133. The van der Waals surface area contributed by atoms with Gasteiger partial charge in [0.25, 0.3) is 5.91 Å². The van der Waals surface area contributed by atoms with Crippen LogP contribution in [-0.4, -0.2) is 42.1 Å². The Kier molecular flexibility index (Phi) is 3.47. The van der Waals surface area contributed by atoms with Crippen LogP contribution < -0.4 is 10.1 Å². The van der Waals surface area contributed by atoms with Gasteiger partial charge in [-0.25, -0.2) is 0 Å². The summed E-state index contributed by atoms with van der Waals surface area (Å²) in [5, 5.41) is 11.4. The van der Waals surface area contributed by atoms with Gasteiger partial charge in [0, 0.05) is 13.6 Å². The fourth-order valence-corrected chi connectivity index (χ4v) is 1.71. The number of nitrogens with zero attached hydrogens (tertiary/aromatic N) is 1. The Morgan fingerprint density at radius 3 is 3.06 bits per heavy atom. The minimum atomic E-state index is -0.513. The molecule has 0 bridgehead atoms. The second-order valence-corrected chi connectivity index (χ2v) is 4.08. The predicted molar refractivity (Wildman–Crippen MR) is 64.1 cm³/mol. The van der Waals surface area contributed by atoms with Crippen LogP contribution in [-0.2, 0) is 16.1 Å². The number of aliphatic hydroxyl groups excluding tert-OH is 1. The molecule has 0 spiro atoms. The summed E-state index contributed by atoms with van der Waals surface area (Å²) in [5.74, 6) is 0.0712. The van der Waals surface area contributed by atoms with E-state index in [1.165, 1.54) is 4.90 Å². The Hall–Kier alpha value is -2.08. The van der Waals surface area contributed by atoms with Crippen LogP contribution in [0.3, 0.4) is 0 Å². The molecular formula is C12H14N2O4. The molecule has 0 atom stereocenters. The van der Waals surface area contributed by atoms with Crippen LogP contribution >= 0.6 is 0 Å². The molecule has 0 saturated carbocycles. The molecule has 1 aliphatic rings. The zero-order valence-corrected chi connectivity index (χ0v) is 9.97. The van der Waals surface area contributed by atoms with Crippen LogP contribution in [0.4, 0.5) is 5.69 Å². The highest BCUT2D eigenvalue weighted by Crippen LogP contribution is 2.28. The SMILES string of the molecule is CN(Cc1ccc2c(c1)NC(=O)CO2)C(=O)CO. The van der Waals surface area contributed by atoms with Gasteiger partial charge in [0.05, 0.1) is 5.69 Å². The Bertz CT molecular complexity index is 487. The maximum absolute atomic E-state index is 11.2. The third-order valence-electron chi connectivity index (χ3n) is 2.66. The first-order valence-corrected chi connectivity index (χ1v) is 5.50. The normalized spacial score (nSPS) is 13.3. The van der Waals surface area contributed by atoms with Crippen molar-refractivity contribution in [3.63, 3.8) is 0 Å². The number of carbonyl (C=O) groups is 2. The van der Waals surface area contributed by atoms with Crippen molar-refractivity contribution in [2.24, 2.45) is 0 Å². The summed E-state index contributed by atoms with van der Waals surface area (Å²) in [5.41, 5.74) is 1.46. The molecule has 2 N–H and O–H groups in total. The minimum absolute atomic E-state index is 0.0231. The first kappa shape index (κ1) is 12.4. The lowest BCUT2D eigenvalue weighted by atomic mass is 10.1. The van der Waals surface area contributed by atoms with Crippen LogP contribution in [0.2, 0.25) is 0 Å². The highest BCUT2D eigenvalue weighted by Gasteiger charge is 2.16. The fourth-order valence-electron chi connectivity index (χ4n) is 1.71. The monoisotopic (exact) mass is 250 g/mol.